The summed E-state index contributed by atoms with van der Waals surface area (Å²) in [6, 6.07) is 6.28. The van der Waals surface area contributed by atoms with Crippen LogP contribution in [0, 0.1) is 5.82 Å². The van der Waals surface area contributed by atoms with Gasteiger partial charge in [0, 0.05) is 32.2 Å². The van der Waals surface area contributed by atoms with E-state index in [4.69, 9.17) is 14.4 Å². The number of aliphatic hydroxyl groups excluding tert-OH is 1. The molecule has 2 amide bonds. The van der Waals surface area contributed by atoms with Gasteiger partial charge in [-0.3, -0.25) is 9.69 Å². The summed E-state index contributed by atoms with van der Waals surface area (Å²) >= 11 is 0. The highest BCUT2D eigenvalue weighted by Crippen LogP contribution is 2.28. The Morgan fingerprint density at radius 1 is 1.27 bits per heavy atom. The molecule has 2 saturated heterocycles. The Morgan fingerprint density at radius 3 is 2.73 bits per heavy atom. The van der Waals surface area contributed by atoms with Crippen LogP contribution < -0.4 is 15.1 Å². The third-order valence-corrected chi connectivity index (χ3v) is 5.17. The van der Waals surface area contributed by atoms with E-state index in [-0.39, 0.29) is 12.5 Å². The zero-order valence-electron chi connectivity index (χ0n) is 16.2. The van der Waals surface area contributed by atoms with Crippen molar-refractivity contribution in [3.8, 4) is 0 Å². The Balaban J connectivity index is 1.37. The van der Waals surface area contributed by atoms with Crippen molar-refractivity contribution in [3.63, 3.8) is 0 Å². The number of amides is 2. The Bertz CT molecular complexity index is 901. The quantitative estimate of drug-likeness (QED) is 0.710. The molecule has 30 heavy (non-hydrogen) atoms. The normalized spacial score (nSPS) is 19.2. The molecule has 0 radical (unpaired) electrons. The molecular formula is C19H22FN5O5. The third kappa shape index (κ3) is 4.15. The van der Waals surface area contributed by atoms with E-state index >= 15 is 0 Å². The molecule has 2 fully saturated rings. The van der Waals surface area contributed by atoms with Crippen LogP contribution in [-0.2, 0) is 9.53 Å². The molecule has 2 aliphatic rings. The lowest BCUT2D eigenvalue weighted by Crippen LogP contribution is -2.49. The summed E-state index contributed by atoms with van der Waals surface area (Å²) in [7, 11) is 0. The standard InChI is InChI=1S/C19H22FN5O5/c20-15-9-13(1-2-16(15)23-4-6-24(7-5-23)18(27)12-26)25-11-14(30-19(25)28)10-21-17-3-8-29-22-17/h1-3,8-9,14,26H,4-7,10-12H2,(H,21,22)/t14-/m0/s1. The summed E-state index contributed by atoms with van der Waals surface area (Å²) in [5, 5.41) is 15.7. The lowest BCUT2D eigenvalue weighted by Gasteiger charge is -2.36. The van der Waals surface area contributed by atoms with Gasteiger partial charge in [0.25, 0.3) is 0 Å². The van der Waals surface area contributed by atoms with Gasteiger partial charge < -0.3 is 29.5 Å². The highest BCUT2D eigenvalue weighted by atomic mass is 19.1. The van der Waals surface area contributed by atoms with Crippen LogP contribution in [0.25, 0.3) is 0 Å². The molecule has 1 aromatic heterocycles. The number of aromatic nitrogens is 1. The van der Waals surface area contributed by atoms with Crippen LogP contribution in [-0.4, -0.2) is 79.1 Å². The van der Waals surface area contributed by atoms with E-state index < -0.39 is 24.6 Å². The zero-order chi connectivity index (χ0) is 21.1. The van der Waals surface area contributed by atoms with E-state index in [9.17, 15) is 14.0 Å². The molecule has 2 aliphatic heterocycles. The molecule has 0 spiro atoms. The second-order valence-corrected chi connectivity index (χ2v) is 7.04. The molecule has 1 atom stereocenters. The average molecular weight is 419 g/mol. The predicted molar refractivity (Wildman–Crippen MR) is 105 cm³/mol. The fourth-order valence-corrected chi connectivity index (χ4v) is 3.58. The molecule has 1 aromatic carbocycles. The number of hydrogen-bond donors (Lipinski definition) is 2. The van der Waals surface area contributed by atoms with E-state index in [2.05, 4.69) is 10.5 Å². The van der Waals surface area contributed by atoms with Crippen LogP contribution in [0.1, 0.15) is 0 Å². The average Bonchev–Trinajstić information content (AvgIpc) is 3.41. The molecule has 0 bridgehead atoms. The van der Waals surface area contributed by atoms with Gasteiger partial charge in [-0.25, -0.2) is 9.18 Å². The molecular weight excluding hydrogens is 397 g/mol. The number of piperazine rings is 1. The Morgan fingerprint density at radius 2 is 2.07 bits per heavy atom. The van der Waals surface area contributed by atoms with Gasteiger partial charge in [0.1, 0.15) is 24.8 Å². The minimum Gasteiger partial charge on any atom is -0.442 e. The summed E-state index contributed by atoms with van der Waals surface area (Å²) in [5.41, 5.74) is 0.825. The molecule has 2 aromatic rings. The van der Waals surface area contributed by atoms with Crippen molar-refractivity contribution in [3.05, 3.63) is 36.3 Å². The number of cyclic esters (lactones) is 1. The van der Waals surface area contributed by atoms with Gasteiger partial charge in [0.2, 0.25) is 5.91 Å². The van der Waals surface area contributed by atoms with E-state index in [0.29, 0.717) is 49.9 Å². The highest BCUT2D eigenvalue weighted by Gasteiger charge is 2.33. The van der Waals surface area contributed by atoms with E-state index in [1.54, 1.807) is 23.1 Å². The summed E-state index contributed by atoms with van der Waals surface area (Å²) in [6.07, 6.45) is 0.489. The number of halogens is 1. The number of carbonyl (C=O) groups is 2. The van der Waals surface area contributed by atoms with Crippen molar-refractivity contribution in [2.75, 3.05) is 61.0 Å². The molecule has 11 heteroatoms. The minimum atomic E-state index is -0.537. The SMILES string of the molecule is O=C(CO)N1CCN(c2ccc(N3C[C@H](CNc4ccon4)OC3=O)cc2F)CC1. The summed E-state index contributed by atoms with van der Waals surface area (Å²) in [6.45, 7) is 1.87. The first-order valence-electron chi connectivity index (χ1n) is 9.60. The van der Waals surface area contributed by atoms with Gasteiger partial charge in [-0.2, -0.15) is 0 Å². The fraction of sp³-hybridized carbons (Fsp3) is 0.421. The smallest absolute Gasteiger partial charge is 0.414 e. The highest BCUT2D eigenvalue weighted by molar-refractivity contribution is 5.90. The van der Waals surface area contributed by atoms with Crippen molar-refractivity contribution >= 4 is 29.2 Å². The second-order valence-electron chi connectivity index (χ2n) is 7.04. The maximum Gasteiger partial charge on any atom is 0.414 e. The number of benzene rings is 1. The number of nitrogens with one attached hydrogen (secondary N) is 1. The van der Waals surface area contributed by atoms with Crippen LogP contribution in [0.2, 0.25) is 0 Å². The van der Waals surface area contributed by atoms with Gasteiger partial charge in [-0.15, -0.1) is 0 Å². The molecule has 3 heterocycles. The summed E-state index contributed by atoms with van der Waals surface area (Å²) in [4.78, 5) is 28.6. The van der Waals surface area contributed by atoms with E-state index in [1.807, 2.05) is 4.90 Å². The van der Waals surface area contributed by atoms with Crippen LogP contribution in [0.4, 0.5) is 26.4 Å². The van der Waals surface area contributed by atoms with Gasteiger partial charge in [-0.05, 0) is 18.2 Å². The predicted octanol–water partition coefficient (Wildman–Crippen LogP) is 0.892. The first-order valence-corrected chi connectivity index (χ1v) is 9.60. The maximum absolute atomic E-state index is 14.8. The lowest BCUT2D eigenvalue weighted by molar-refractivity contribution is -0.134. The van der Waals surface area contributed by atoms with Gasteiger partial charge in [0.15, 0.2) is 5.82 Å². The monoisotopic (exact) mass is 419 g/mol. The van der Waals surface area contributed by atoms with Crippen LogP contribution in [0.5, 0.6) is 0 Å². The van der Waals surface area contributed by atoms with E-state index in [1.165, 1.54) is 17.2 Å². The van der Waals surface area contributed by atoms with Crippen molar-refractivity contribution in [2.45, 2.75) is 6.10 Å². The first kappa shape index (κ1) is 20.0. The fourth-order valence-electron chi connectivity index (χ4n) is 3.58. The van der Waals surface area contributed by atoms with Crippen LogP contribution in [0.3, 0.4) is 0 Å². The molecule has 0 unspecified atom stereocenters. The Hall–Kier alpha value is -3.34. The molecule has 10 nitrogen and oxygen atoms in total. The van der Waals surface area contributed by atoms with Gasteiger partial charge >= 0.3 is 6.09 Å². The lowest BCUT2D eigenvalue weighted by atomic mass is 10.2. The van der Waals surface area contributed by atoms with Crippen molar-refractivity contribution < 1.29 is 28.3 Å². The van der Waals surface area contributed by atoms with Crippen molar-refractivity contribution in [1.29, 1.82) is 0 Å². The topological polar surface area (TPSA) is 111 Å². The van der Waals surface area contributed by atoms with Crippen LogP contribution >= 0.6 is 0 Å². The summed E-state index contributed by atoms with van der Waals surface area (Å²) < 4.78 is 24.9. The van der Waals surface area contributed by atoms with Crippen molar-refractivity contribution in [2.24, 2.45) is 0 Å². The number of carbonyl (C=O) groups excluding carboxylic acids is 2. The van der Waals surface area contributed by atoms with Crippen molar-refractivity contribution in [1.82, 2.24) is 10.1 Å². The number of ether oxygens (including phenoxy) is 1. The number of aliphatic hydroxyl groups is 1. The minimum absolute atomic E-state index is 0.282. The van der Waals surface area contributed by atoms with E-state index in [0.717, 1.165) is 0 Å². The molecule has 4 rings (SSSR count). The molecule has 0 aliphatic carbocycles. The number of rotatable bonds is 6. The molecule has 2 N–H and O–H groups in total. The Labute approximate surface area is 171 Å². The zero-order valence-corrected chi connectivity index (χ0v) is 16.2. The number of nitrogens with zero attached hydrogens (tertiary/aromatic N) is 4. The number of hydrogen-bond acceptors (Lipinski definition) is 8. The molecule has 160 valence electrons. The Kier molecular flexibility index (Phi) is 5.70. The van der Waals surface area contributed by atoms with Gasteiger partial charge in [-0.1, -0.05) is 5.16 Å². The molecule has 0 saturated carbocycles. The largest absolute Gasteiger partial charge is 0.442 e. The van der Waals surface area contributed by atoms with Crippen LogP contribution in [0.15, 0.2) is 35.1 Å². The second kappa shape index (κ2) is 8.57. The first-order chi connectivity index (χ1) is 14.5. The third-order valence-electron chi connectivity index (χ3n) is 5.17. The maximum atomic E-state index is 14.8. The summed E-state index contributed by atoms with van der Waals surface area (Å²) in [5.74, 6) is -0.238. The number of anilines is 3. The van der Waals surface area contributed by atoms with Gasteiger partial charge in [0.05, 0.1) is 24.5 Å².